The summed E-state index contributed by atoms with van der Waals surface area (Å²) in [6, 6.07) is 11.2. The van der Waals surface area contributed by atoms with Gasteiger partial charge in [0.15, 0.2) is 0 Å². The van der Waals surface area contributed by atoms with Crippen LogP contribution in [0.3, 0.4) is 0 Å². The van der Waals surface area contributed by atoms with Crippen molar-refractivity contribution in [1.82, 2.24) is 10.2 Å². The fourth-order valence-corrected chi connectivity index (χ4v) is 5.17. The molecule has 10 heteroatoms. The fourth-order valence-electron chi connectivity index (χ4n) is 3.81. The molecule has 2 aromatic carbocycles. The minimum absolute atomic E-state index is 0.0481. The number of nitrogens with one attached hydrogen (secondary N) is 1. The first-order valence-electron chi connectivity index (χ1n) is 11.8. The summed E-state index contributed by atoms with van der Waals surface area (Å²) in [6.07, 6.45) is 1.37. The molecular weight excluding hydrogens is 521 g/mol. The molecule has 36 heavy (non-hydrogen) atoms. The largest absolute Gasteiger partial charge is 0.355 e. The van der Waals surface area contributed by atoms with Crippen molar-refractivity contribution in [2.75, 3.05) is 23.7 Å². The van der Waals surface area contributed by atoms with Crippen LogP contribution in [0.4, 0.5) is 5.69 Å². The van der Waals surface area contributed by atoms with Gasteiger partial charge < -0.3 is 10.2 Å². The quantitative estimate of drug-likeness (QED) is 0.446. The summed E-state index contributed by atoms with van der Waals surface area (Å²) in [6.45, 7) is 9.61. The minimum atomic E-state index is -3.81. The molecule has 7 nitrogen and oxygen atoms in total. The smallest absolute Gasteiger partial charge is 0.244 e. The Morgan fingerprint density at radius 3 is 2.00 bits per heavy atom. The van der Waals surface area contributed by atoms with Crippen LogP contribution in [0.5, 0.6) is 0 Å². The third-order valence-electron chi connectivity index (χ3n) is 5.83. The number of anilines is 1. The summed E-state index contributed by atoms with van der Waals surface area (Å²) in [7, 11) is -3.81. The highest BCUT2D eigenvalue weighted by molar-refractivity contribution is 7.92. The van der Waals surface area contributed by atoms with Gasteiger partial charge in [-0.1, -0.05) is 69.1 Å². The van der Waals surface area contributed by atoms with Crippen LogP contribution in [-0.4, -0.2) is 50.5 Å². The Labute approximate surface area is 224 Å². The van der Waals surface area contributed by atoms with Crippen LogP contribution in [0, 0.1) is 0 Å². The lowest BCUT2D eigenvalue weighted by molar-refractivity contribution is -0.140. The Balaban J connectivity index is 2.49. The van der Waals surface area contributed by atoms with Gasteiger partial charge in [-0.3, -0.25) is 13.9 Å². The second kappa shape index (κ2) is 12.3. The van der Waals surface area contributed by atoms with Crippen molar-refractivity contribution in [3.05, 3.63) is 63.6 Å². The summed E-state index contributed by atoms with van der Waals surface area (Å²) < 4.78 is 26.5. The summed E-state index contributed by atoms with van der Waals surface area (Å²) >= 11 is 12.7. The van der Waals surface area contributed by atoms with Crippen LogP contribution < -0.4 is 9.62 Å². The summed E-state index contributed by atoms with van der Waals surface area (Å²) in [5.74, 6) is -0.883. The molecule has 0 aliphatic heterocycles. The van der Waals surface area contributed by atoms with Crippen LogP contribution in [0.1, 0.15) is 52.2 Å². The molecule has 0 radical (unpaired) electrons. The summed E-state index contributed by atoms with van der Waals surface area (Å²) in [4.78, 5) is 27.9. The normalized spacial score (nSPS) is 12.7. The topological polar surface area (TPSA) is 86.8 Å². The van der Waals surface area contributed by atoms with Crippen molar-refractivity contribution in [2.45, 2.75) is 59.0 Å². The fraction of sp³-hybridized carbons (Fsp3) is 0.462. The lowest BCUT2D eigenvalue weighted by atomic mass is 9.87. The average Bonchev–Trinajstić information content (AvgIpc) is 2.78. The van der Waals surface area contributed by atoms with Gasteiger partial charge in [-0.2, -0.15) is 0 Å². The Kier molecular flexibility index (Phi) is 10.2. The molecule has 1 atom stereocenters. The van der Waals surface area contributed by atoms with Crippen molar-refractivity contribution < 1.29 is 18.0 Å². The van der Waals surface area contributed by atoms with Gasteiger partial charge in [0.1, 0.15) is 12.6 Å². The Morgan fingerprint density at radius 1 is 1.00 bits per heavy atom. The van der Waals surface area contributed by atoms with E-state index in [1.54, 1.807) is 44.2 Å². The number of hydrogen-bond acceptors (Lipinski definition) is 4. The van der Waals surface area contributed by atoms with Gasteiger partial charge in [-0.15, -0.1) is 0 Å². The number of carbonyl (C=O) groups excluding carboxylic acids is 2. The van der Waals surface area contributed by atoms with E-state index >= 15 is 0 Å². The van der Waals surface area contributed by atoms with Crippen LogP contribution in [0.25, 0.3) is 0 Å². The highest BCUT2D eigenvalue weighted by Crippen LogP contribution is 2.29. The summed E-state index contributed by atoms with van der Waals surface area (Å²) in [5, 5.41) is 3.45. The molecule has 0 aliphatic carbocycles. The molecule has 0 aliphatic rings. The van der Waals surface area contributed by atoms with Gasteiger partial charge in [0, 0.05) is 28.7 Å². The van der Waals surface area contributed by atoms with Crippen molar-refractivity contribution in [1.29, 1.82) is 0 Å². The van der Waals surface area contributed by atoms with Gasteiger partial charge in [0.25, 0.3) is 0 Å². The van der Waals surface area contributed by atoms with Gasteiger partial charge in [0.2, 0.25) is 21.8 Å². The lowest BCUT2D eigenvalue weighted by Crippen LogP contribution is -2.52. The van der Waals surface area contributed by atoms with E-state index < -0.39 is 28.5 Å². The minimum Gasteiger partial charge on any atom is -0.355 e. The molecule has 0 heterocycles. The standard InChI is InChI=1S/C26H35Cl2N3O4S/c1-7-23(25(33)29-8-2)30(16-20-21(27)10-9-11-22(20)28)24(32)17-31(36(6,34)35)19-14-12-18(13-15-19)26(3,4)5/h9-15,23H,7-8,16-17H2,1-6H3,(H,29,33)/t23-/m1/s1. The number of likely N-dealkylation sites (N-methyl/N-ethyl adjacent to an activating group) is 1. The second-order valence-electron chi connectivity index (χ2n) is 9.61. The van der Waals surface area contributed by atoms with Gasteiger partial charge >= 0.3 is 0 Å². The number of rotatable bonds is 10. The zero-order chi connectivity index (χ0) is 27.3. The Morgan fingerprint density at radius 2 is 1.56 bits per heavy atom. The Bertz CT molecular complexity index is 1160. The Hall–Kier alpha value is -2.29. The van der Waals surface area contributed by atoms with Crippen LogP contribution in [0.2, 0.25) is 10.0 Å². The monoisotopic (exact) mass is 555 g/mol. The molecule has 0 aromatic heterocycles. The molecule has 2 amide bonds. The molecule has 198 valence electrons. The van der Waals surface area contributed by atoms with Crippen LogP contribution >= 0.6 is 23.2 Å². The SMILES string of the molecule is CCNC(=O)[C@@H](CC)N(Cc1c(Cl)cccc1Cl)C(=O)CN(c1ccc(C(C)(C)C)cc1)S(C)(=O)=O. The third-order valence-corrected chi connectivity index (χ3v) is 7.68. The number of nitrogens with zero attached hydrogens (tertiary/aromatic N) is 2. The van der Waals surface area contributed by atoms with E-state index in [4.69, 9.17) is 23.2 Å². The lowest BCUT2D eigenvalue weighted by Gasteiger charge is -2.33. The molecule has 0 saturated heterocycles. The van der Waals surface area contributed by atoms with E-state index in [9.17, 15) is 18.0 Å². The molecule has 0 fully saturated rings. The van der Waals surface area contributed by atoms with Gasteiger partial charge in [0.05, 0.1) is 11.9 Å². The number of carbonyl (C=O) groups is 2. The maximum atomic E-state index is 13.7. The van der Waals surface area contributed by atoms with Crippen molar-refractivity contribution in [2.24, 2.45) is 0 Å². The first-order chi connectivity index (χ1) is 16.7. The van der Waals surface area contributed by atoms with Crippen LogP contribution in [0.15, 0.2) is 42.5 Å². The summed E-state index contributed by atoms with van der Waals surface area (Å²) in [5.41, 5.74) is 1.76. The first-order valence-corrected chi connectivity index (χ1v) is 14.4. The van der Waals surface area contributed by atoms with Crippen LogP contribution in [-0.2, 0) is 31.6 Å². The number of halogens is 2. The zero-order valence-corrected chi connectivity index (χ0v) is 24.0. The number of benzene rings is 2. The molecule has 2 rings (SSSR count). The van der Waals surface area contributed by atoms with E-state index in [2.05, 4.69) is 26.1 Å². The van der Waals surface area contributed by atoms with Crippen molar-refractivity contribution in [3.63, 3.8) is 0 Å². The number of hydrogen-bond donors (Lipinski definition) is 1. The third kappa shape index (κ3) is 7.60. The predicted octanol–water partition coefficient (Wildman–Crippen LogP) is 5.00. The van der Waals surface area contributed by atoms with Crippen molar-refractivity contribution >= 4 is 50.7 Å². The highest BCUT2D eigenvalue weighted by atomic mass is 35.5. The maximum Gasteiger partial charge on any atom is 0.244 e. The van der Waals surface area contributed by atoms with E-state index in [1.807, 2.05) is 12.1 Å². The van der Waals surface area contributed by atoms with E-state index in [0.29, 0.717) is 34.3 Å². The van der Waals surface area contributed by atoms with Gasteiger partial charge in [-0.05, 0) is 48.6 Å². The molecule has 0 unspecified atom stereocenters. The highest BCUT2D eigenvalue weighted by Gasteiger charge is 2.32. The molecule has 0 bridgehead atoms. The van der Waals surface area contributed by atoms with Crippen molar-refractivity contribution in [3.8, 4) is 0 Å². The zero-order valence-electron chi connectivity index (χ0n) is 21.6. The average molecular weight is 557 g/mol. The van der Waals surface area contributed by atoms with E-state index in [1.165, 1.54) is 4.90 Å². The predicted molar refractivity (Wildman–Crippen MR) is 147 cm³/mol. The molecule has 0 spiro atoms. The number of sulfonamides is 1. The number of amides is 2. The molecule has 0 saturated carbocycles. The molecule has 1 N–H and O–H groups in total. The first kappa shape index (κ1) is 29.9. The molecule has 2 aromatic rings. The van der Waals surface area contributed by atoms with Gasteiger partial charge in [-0.25, -0.2) is 8.42 Å². The second-order valence-corrected chi connectivity index (χ2v) is 12.3. The maximum absolute atomic E-state index is 13.7. The van der Waals surface area contributed by atoms with E-state index in [0.717, 1.165) is 16.1 Å². The van der Waals surface area contributed by atoms with E-state index in [-0.39, 0.29) is 17.9 Å². The molecular formula is C26H35Cl2N3O4S.